The van der Waals surface area contributed by atoms with Gasteiger partial charge >= 0.3 is 0 Å². The highest BCUT2D eigenvalue weighted by Crippen LogP contribution is 1.82. The number of allylic oxidation sites excluding steroid dienone is 1. The second-order valence-corrected chi connectivity index (χ2v) is 1.46. The maximum absolute atomic E-state index is 8.22. The summed E-state index contributed by atoms with van der Waals surface area (Å²) >= 11 is 0. The van der Waals surface area contributed by atoms with Crippen molar-refractivity contribution in [2.24, 2.45) is 5.73 Å². The van der Waals surface area contributed by atoms with E-state index in [2.05, 4.69) is 0 Å². The minimum Gasteiger partial charge on any atom is -0.403 e. The van der Waals surface area contributed by atoms with E-state index in [-0.39, 0.29) is 6.61 Å². The van der Waals surface area contributed by atoms with Gasteiger partial charge in [-0.2, -0.15) is 0 Å². The molecule has 0 radical (unpaired) electrons. The Balaban J connectivity index is 3.08. The zero-order valence-corrected chi connectivity index (χ0v) is 4.52. The van der Waals surface area contributed by atoms with Crippen molar-refractivity contribution in [2.75, 3.05) is 6.61 Å². The summed E-state index contributed by atoms with van der Waals surface area (Å²) in [6.45, 7) is 1.99. The van der Waals surface area contributed by atoms with Crippen LogP contribution in [0, 0.1) is 0 Å². The molecule has 0 amide bonds. The van der Waals surface area contributed by atoms with Crippen molar-refractivity contribution >= 4 is 0 Å². The Labute approximate surface area is 43.6 Å². The number of nitrogens with two attached hydrogens (primary N) is 1. The van der Waals surface area contributed by atoms with Gasteiger partial charge in [0, 0.05) is 12.3 Å². The highest BCUT2D eigenvalue weighted by atomic mass is 16.2. The van der Waals surface area contributed by atoms with Gasteiger partial charge in [0.15, 0.2) is 0 Å². The fraction of sp³-hybridized carbons (Fsp3) is 0.600. The molecule has 0 saturated carbocycles. The topological polar surface area (TPSA) is 46.2 Å². The Kier molecular flexibility index (Phi) is 3.42. The van der Waals surface area contributed by atoms with E-state index < -0.39 is 0 Å². The normalized spacial score (nSPS) is 12.0. The molecule has 0 heterocycles. The Morgan fingerprint density at radius 3 is 2.57 bits per heavy atom. The van der Waals surface area contributed by atoms with Gasteiger partial charge in [-0.05, 0) is 13.3 Å². The quantitative estimate of drug-likeness (QED) is 0.523. The average molecular weight is 101 g/mol. The Morgan fingerprint density at radius 2 is 2.43 bits per heavy atom. The van der Waals surface area contributed by atoms with Crippen LogP contribution in [0.2, 0.25) is 0 Å². The molecule has 0 unspecified atom stereocenters. The van der Waals surface area contributed by atoms with Crippen molar-refractivity contribution in [1.82, 2.24) is 0 Å². The molecule has 0 aliphatic heterocycles. The fourth-order valence-corrected chi connectivity index (χ4v) is 0.292. The van der Waals surface area contributed by atoms with Crippen molar-refractivity contribution in [2.45, 2.75) is 13.3 Å². The van der Waals surface area contributed by atoms with E-state index in [4.69, 9.17) is 10.8 Å². The first kappa shape index (κ1) is 6.50. The minimum absolute atomic E-state index is 0.189. The van der Waals surface area contributed by atoms with Crippen LogP contribution in [0.3, 0.4) is 0 Å². The Morgan fingerprint density at radius 1 is 1.86 bits per heavy atom. The van der Waals surface area contributed by atoms with Crippen LogP contribution in [0.15, 0.2) is 11.8 Å². The van der Waals surface area contributed by atoms with Crippen LogP contribution in [0.1, 0.15) is 13.3 Å². The van der Waals surface area contributed by atoms with E-state index in [1.54, 1.807) is 13.0 Å². The monoisotopic (exact) mass is 101 g/mol. The zero-order chi connectivity index (χ0) is 5.70. The van der Waals surface area contributed by atoms with Crippen molar-refractivity contribution in [3.8, 4) is 0 Å². The standard InChI is InChI=1S/C5H11NO/c1-5(6)3-2-4-7/h3,7H,2,4,6H2,1H3. The number of hydrogen-bond acceptors (Lipinski definition) is 2. The average Bonchev–Trinajstić information content (AvgIpc) is 1.61. The summed E-state index contributed by atoms with van der Waals surface area (Å²) in [5.74, 6) is 0. The van der Waals surface area contributed by atoms with Crippen molar-refractivity contribution in [1.29, 1.82) is 0 Å². The van der Waals surface area contributed by atoms with Crippen molar-refractivity contribution in [3.05, 3.63) is 11.8 Å². The van der Waals surface area contributed by atoms with E-state index >= 15 is 0 Å². The number of aliphatic hydroxyl groups excluding tert-OH is 1. The third kappa shape index (κ3) is 5.50. The number of aliphatic hydroxyl groups is 1. The lowest BCUT2D eigenvalue weighted by Gasteiger charge is -1.85. The maximum atomic E-state index is 8.22. The summed E-state index contributed by atoms with van der Waals surface area (Å²) in [6.07, 6.45) is 2.46. The SMILES string of the molecule is CC(N)=CCCO. The van der Waals surface area contributed by atoms with Gasteiger partial charge in [0.1, 0.15) is 0 Å². The summed E-state index contributed by atoms with van der Waals surface area (Å²) in [6, 6.07) is 0. The molecule has 3 N–H and O–H groups in total. The van der Waals surface area contributed by atoms with Crippen LogP contribution in [0.5, 0.6) is 0 Å². The van der Waals surface area contributed by atoms with Crippen LogP contribution < -0.4 is 5.73 Å². The van der Waals surface area contributed by atoms with Crippen molar-refractivity contribution < 1.29 is 5.11 Å². The molecule has 0 saturated heterocycles. The molecule has 2 nitrogen and oxygen atoms in total. The van der Waals surface area contributed by atoms with Crippen LogP contribution in [0.4, 0.5) is 0 Å². The summed E-state index contributed by atoms with van der Waals surface area (Å²) < 4.78 is 0. The molecular formula is C5H11NO. The van der Waals surface area contributed by atoms with Gasteiger partial charge in [0.25, 0.3) is 0 Å². The van der Waals surface area contributed by atoms with E-state index in [9.17, 15) is 0 Å². The lowest BCUT2D eigenvalue weighted by molar-refractivity contribution is 0.302. The Hall–Kier alpha value is -0.500. The second-order valence-electron chi connectivity index (χ2n) is 1.46. The van der Waals surface area contributed by atoms with Crippen LogP contribution in [-0.4, -0.2) is 11.7 Å². The van der Waals surface area contributed by atoms with E-state index in [1.807, 2.05) is 0 Å². The molecule has 0 aliphatic rings. The van der Waals surface area contributed by atoms with Gasteiger partial charge in [-0.15, -0.1) is 0 Å². The van der Waals surface area contributed by atoms with Gasteiger partial charge in [-0.3, -0.25) is 0 Å². The van der Waals surface area contributed by atoms with Crippen LogP contribution >= 0.6 is 0 Å². The molecule has 0 aromatic heterocycles. The minimum atomic E-state index is 0.189. The molecule has 2 heteroatoms. The van der Waals surface area contributed by atoms with Crippen molar-refractivity contribution in [3.63, 3.8) is 0 Å². The third-order valence-electron chi connectivity index (χ3n) is 0.595. The molecule has 0 rings (SSSR count). The third-order valence-corrected chi connectivity index (χ3v) is 0.595. The molecule has 42 valence electrons. The van der Waals surface area contributed by atoms with E-state index in [0.717, 1.165) is 5.70 Å². The van der Waals surface area contributed by atoms with Gasteiger partial charge < -0.3 is 10.8 Å². The summed E-state index contributed by atoms with van der Waals surface area (Å²) in [4.78, 5) is 0. The lowest BCUT2D eigenvalue weighted by atomic mass is 10.4. The highest BCUT2D eigenvalue weighted by Gasteiger charge is 1.74. The molecule has 0 bridgehead atoms. The van der Waals surface area contributed by atoms with Gasteiger partial charge in [-0.1, -0.05) is 6.08 Å². The summed E-state index contributed by atoms with van der Waals surface area (Å²) in [5, 5.41) is 8.22. The zero-order valence-electron chi connectivity index (χ0n) is 4.52. The first-order valence-electron chi connectivity index (χ1n) is 2.30. The van der Waals surface area contributed by atoms with E-state index in [1.165, 1.54) is 0 Å². The van der Waals surface area contributed by atoms with Crippen LogP contribution in [-0.2, 0) is 0 Å². The predicted molar refractivity (Wildman–Crippen MR) is 29.6 cm³/mol. The molecular weight excluding hydrogens is 90.1 g/mol. The predicted octanol–water partition coefficient (Wildman–Crippen LogP) is 0.231. The molecule has 0 atom stereocenters. The smallest absolute Gasteiger partial charge is 0.0466 e. The summed E-state index contributed by atoms with van der Waals surface area (Å²) in [5.41, 5.74) is 6.00. The van der Waals surface area contributed by atoms with Gasteiger partial charge in [0.2, 0.25) is 0 Å². The first-order valence-corrected chi connectivity index (χ1v) is 2.30. The van der Waals surface area contributed by atoms with Gasteiger partial charge in [0.05, 0.1) is 0 Å². The Bertz CT molecular complexity index is 64.5. The molecule has 0 aromatic carbocycles. The fourth-order valence-electron chi connectivity index (χ4n) is 0.292. The highest BCUT2D eigenvalue weighted by molar-refractivity contribution is 4.90. The molecule has 0 fully saturated rings. The molecule has 0 aliphatic carbocycles. The maximum Gasteiger partial charge on any atom is 0.0466 e. The van der Waals surface area contributed by atoms with Gasteiger partial charge in [-0.25, -0.2) is 0 Å². The second kappa shape index (κ2) is 3.68. The van der Waals surface area contributed by atoms with E-state index in [0.29, 0.717) is 6.42 Å². The van der Waals surface area contributed by atoms with Crippen LogP contribution in [0.25, 0.3) is 0 Å². The molecule has 7 heavy (non-hydrogen) atoms. The largest absolute Gasteiger partial charge is 0.403 e. The summed E-state index contributed by atoms with van der Waals surface area (Å²) in [7, 11) is 0. The lowest BCUT2D eigenvalue weighted by Crippen LogP contribution is -1.90. The first-order chi connectivity index (χ1) is 3.27. The number of hydrogen-bond donors (Lipinski definition) is 2. The number of rotatable bonds is 2. The molecule has 0 aromatic rings. The molecule has 0 spiro atoms.